The smallest absolute Gasteiger partial charge is 0.233 e. The molecule has 1 aromatic heterocycles. The van der Waals surface area contributed by atoms with Crippen molar-refractivity contribution in [1.29, 1.82) is 0 Å². The number of hydrogen-bond donors (Lipinski definition) is 2. The maximum absolute atomic E-state index is 13.5. The number of aryl methyl sites for hydroxylation is 1. The summed E-state index contributed by atoms with van der Waals surface area (Å²) < 4.78 is 26.4. The van der Waals surface area contributed by atoms with Crippen molar-refractivity contribution >= 4 is 18.3 Å². The molecule has 1 unspecified atom stereocenters. The van der Waals surface area contributed by atoms with Gasteiger partial charge in [0.25, 0.3) is 0 Å². The minimum atomic E-state index is -0.590. The van der Waals surface area contributed by atoms with E-state index in [1.54, 1.807) is 0 Å². The summed E-state index contributed by atoms with van der Waals surface area (Å²) in [6.45, 7) is 5.89. The quantitative estimate of drug-likeness (QED) is 0.759. The highest BCUT2D eigenvalue weighted by molar-refractivity contribution is 5.66. The number of carbonyl (C=O) groups is 1. The van der Waals surface area contributed by atoms with Crippen LogP contribution in [0, 0.1) is 11.6 Å². The number of rotatable bonds is 7. The van der Waals surface area contributed by atoms with Crippen LogP contribution >= 0.6 is 0 Å². The van der Waals surface area contributed by atoms with Gasteiger partial charge in [0.05, 0.1) is 0 Å². The van der Waals surface area contributed by atoms with Crippen molar-refractivity contribution < 1.29 is 13.6 Å². The van der Waals surface area contributed by atoms with Crippen LogP contribution in [0.15, 0.2) is 24.5 Å². The Kier molecular flexibility index (Phi) is 8.24. The number of carbonyl (C=O) groups excluding carboxylic acids is 1. The van der Waals surface area contributed by atoms with Crippen molar-refractivity contribution in [2.45, 2.75) is 39.7 Å². The second-order valence-electron chi connectivity index (χ2n) is 4.71. The molecule has 2 N–H and O–H groups in total. The summed E-state index contributed by atoms with van der Waals surface area (Å²) in [7, 11) is 0. The standard InChI is InChI=1S/C14H15F2N5O.C2H6/c1-9(2-3-10-4-5-11(15)6-12(10)16)20-14-18-7-17-13(21-14)19-8-22;1-2/h4-9H,2-3H2,1H3,(H2,17,18,19,20,21,22);1-2H3. The minimum Gasteiger partial charge on any atom is -0.352 e. The Morgan fingerprint density at radius 3 is 2.58 bits per heavy atom. The zero-order valence-corrected chi connectivity index (χ0v) is 13.9. The van der Waals surface area contributed by atoms with Gasteiger partial charge in [0.15, 0.2) is 0 Å². The molecule has 0 aliphatic heterocycles. The van der Waals surface area contributed by atoms with Gasteiger partial charge in [-0.3, -0.25) is 10.1 Å². The fourth-order valence-corrected chi connectivity index (χ4v) is 1.88. The lowest BCUT2D eigenvalue weighted by molar-refractivity contribution is -0.105. The van der Waals surface area contributed by atoms with E-state index in [-0.39, 0.29) is 12.0 Å². The molecule has 0 aliphatic rings. The zero-order chi connectivity index (χ0) is 17.9. The molecule has 1 atom stereocenters. The van der Waals surface area contributed by atoms with Crippen LogP contribution in [0.3, 0.4) is 0 Å². The van der Waals surface area contributed by atoms with Gasteiger partial charge in [-0.2, -0.15) is 4.98 Å². The highest BCUT2D eigenvalue weighted by Crippen LogP contribution is 2.13. The highest BCUT2D eigenvalue weighted by atomic mass is 19.1. The molecule has 24 heavy (non-hydrogen) atoms. The molecule has 2 rings (SSSR count). The van der Waals surface area contributed by atoms with Crippen LogP contribution < -0.4 is 10.6 Å². The first-order valence-electron chi connectivity index (χ1n) is 7.68. The van der Waals surface area contributed by atoms with Crippen LogP contribution in [0.4, 0.5) is 20.7 Å². The number of amides is 1. The summed E-state index contributed by atoms with van der Waals surface area (Å²) in [5.74, 6) is -0.687. The molecule has 0 radical (unpaired) electrons. The van der Waals surface area contributed by atoms with Crippen LogP contribution in [-0.2, 0) is 11.2 Å². The van der Waals surface area contributed by atoms with Crippen molar-refractivity contribution in [1.82, 2.24) is 15.0 Å². The van der Waals surface area contributed by atoms with Crippen LogP contribution in [0.25, 0.3) is 0 Å². The second kappa shape index (κ2) is 10.2. The van der Waals surface area contributed by atoms with E-state index in [1.807, 2.05) is 20.8 Å². The lowest BCUT2D eigenvalue weighted by Crippen LogP contribution is -2.18. The Bertz CT molecular complexity index is 654. The van der Waals surface area contributed by atoms with Gasteiger partial charge in [-0.1, -0.05) is 19.9 Å². The SMILES string of the molecule is CC.CC(CCc1ccc(F)cc1F)Nc1ncnc(NC=O)n1. The molecule has 8 heteroatoms. The average molecular weight is 337 g/mol. The van der Waals surface area contributed by atoms with Gasteiger partial charge >= 0.3 is 0 Å². The molecule has 0 aliphatic carbocycles. The van der Waals surface area contributed by atoms with Gasteiger partial charge in [-0.05, 0) is 31.4 Å². The van der Waals surface area contributed by atoms with Crippen molar-refractivity contribution in [3.63, 3.8) is 0 Å². The minimum absolute atomic E-state index is 0.0454. The molecule has 6 nitrogen and oxygen atoms in total. The van der Waals surface area contributed by atoms with Gasteiger partial charge in [-0.25, -0.2) is 18.7 Å². The lowest BCUT2D eigenvalue weighted by Gasteiger charge is -2.14. The third-order valence-corrected chi connectivity index (χ3v) is 3.00. The van der Waals surface area contributed by atoms with E-state index in [4.69, 9.17) is 0 Å². The number of nitrogens with one attached hydrogen (secondary N) is 2. The third-order valence-electron chi connectivity index (χ3n) is 3.00. The van der Waals surface area contributed by atoms with E-state index in [2.05, 4.69) is 25.6 Å². The van der Waals surface area contributed by atoms with E-state index in [0.29, 0.717) is 30.8 Å². The normalized spacial score (nSPS) is 11.0. The van der Waals surface area contributed by atoms with Gasteiger partial charge < -0.3 is 5.32 Å². The number of anilines is 2. The van der Waals surface area contributed by atoms with Crippen molar-refractivity contribution in [3.05, 3.63) is 41.7 Å². The summed E-state index contributed by atoms with van der Waals surface area (Å²) in [4.78, 5) is 22.0. The fraction of sp³-hybridized carbons (Fsp3) is 0.375. The van der Waals surface area contributed by atoms with Crippen LogP contribution in [0.1, 0.15) is 32.8 Å². The van der Waals surface area contributed by atoms with E-state index in [9.17, 15) is 13.6 Å². The van der Waals surface area contributed by atoms with Gasteiger partial charge in [-0.15, -0.1) is 0 Å². The van der Waals surface area contributed by atoms with Crippen LogP contribution in [-0.4, -0.2) is 27.4 Å². The number of aromatic nitrogens is 3. The summed E-state index contributed by atoms with van der Waals surface area (Å²) in [5.41, 5.74) is 0.453. The first-order valence-corrected chi connectivity index (χ1v) is 7.68. The topological polar surface area (TPSA) is 79.8 Å². The Hall–Kier alpha value is -2.64. The zero-order valence-electron chi connectivity index (χ0n) is 13.9. The first kappa shape index (κ1) is 19.4. The van der Waals surface area contributed by atoms with Gasteiger partial charge in [0.2, 0.25) is 18.3 Å². The molecule has 0 saturated carbocycles. The maximum atomic E-state index is 13.5. The van der Waals surface area contributed by atoms with Gasteiger partial charge in [0.1, 0.15) is 18.0 Å². The van der Waals surface area contributed by atoms with Crippen LogP contribution in [0.5, 0.6) is 0 Å². The molecular formula is C16H21F2N5O. The molecule has 0 saturated heterocycles. The van der Waals surface area contributed by atoms with Crippen molar-refractivity contribution in [2.75, 3.05) is 10.6 Å². The maximum Gasteiger partial charge on any atom is 0.233 e. The van der Waals surface area contributed by atoms with E-state index in [0.717, 1.165) is 6.07 Å². The number of benzene rings is 1. The molecule has 1 amide bonds. The molecule has 1 aromatic carbocycles. The summed E-state index contributed by atoms with van der Waals surface area (Å²) in [6, 6.07) is 3.50. The van der Waals surface area contributed by atoms with Crippen LogP contribution in [0.2, 0.25) is 0 Å². The van der Waals surface area contributed by atoms with Gasteiger partial charge in [0, 0.05) is 12.1 Å². The molecule has 2 aromatic rings. The molecular weight excluding hydrogens is 316 g/mol. The predicted molar refractivity (Wildman–Crippen MR) is 88.6 cm³/mol. The average Bonchev–Trinajstić information content (AvgIpc) is 2.56. The molecule has 0 bridgehead atoms. The Morgan fingerprint density at radius 2 is 1.92 bits per heavy atom. The second-order valence-corrected chi connectivity index (χ2v) is 4.71. The summed E-state index contributed by atoms with van der Waals surface area (Å²) in [6.07, 6.45) is 2.79. The molecule has 130 valence electrons. The molecule has 0 fully saturated rings. The monoisotopic (exact) mass is 337 g/mol. The number of nitrogens with zero attached hydrogens (tertiary/aromatic N) is 3. The third kappa shape index (κ3) is 6.23. The largest absolute Gasteiger partial charge is 0.352 e. The number of halogens is 2. The van der Waals surface area contributed by atoms with Crippen molar-refractivity contribution in [3.8, 4) is 0 Å². The highest BCUT2D eigenvalue weighted by Gasteiger charge is 2.09. The predicted octanol–water partition coefficient (Wildman–Crippen LogP) is 3.18. The number of hydrogen-bond acceptors (Lipinski definition) is 5. The Morgan fingerprint density at radius 1 is 1.21 bits per heavy atom. The van der Waals surface area contributed by atoms with E-state index >= 15 is 0 Å². The van der Waals surface area contributed by atoms with E-state index in [1.165, 1.54) is 18.5 Å². The summed E-state index contributed by atoms with van der Waals surface area (Å²) >= 11 is 0. The van der Waals surface area contributed by atoms with E-state index < -0.39 is 11.6 Å². The summed E-state index contributed by atoms with van der Waals surface area (Å²) in [5, 5.41) is 5.35. The molecule has 0 spiro atoms. The first-order chi connectivity index (χ1) is 11.6. The van der Waals surface area contributed by atoms with Crippen molar-refractivity contribution in [2.24, 2.45) is 0 Å². The Labute approximate surface area is 139 Å². The molecule has 1 heterocycles. The Balaban J connectivity index is 0.00000139. The fourth-order valence-electron chi connectivity index (χ4n) is 1.88. The lowest BCUT2D eigenvalue weighted by atomic mass is 10.1.